The monoisotopic (exact) mass is 380 g/mol. The second-order valence-corrected chi connectivity index (χ2v) is 7.23. The van der Waals surface area contributed by atoms with Gasteiger partial charge < -0.3 is 20.5 Å². The van der Waals surface area contributed by atoms with E-state index in [9.17, 15) is 4.79 Å². The average molecular weight is 381 g/mol. The van der Waals surface area contributed by atoms with Crippen LogP contribution in [0.2, 0.25) is 0 Å². The van der Waals surface area contributed by atoms with Gasteiger partial charge >= 0.3 is 0 Å². The molecule has 1 atom stereocenters. The van der Waals surface area contributed by atoms with Crippen molar-refractivity contribution in [3.05, 3.63) is 29.2 Å². The predicted octanol–water partition coefficient (Wildman–Crippen LogP) is 1.56. The number of amides is 1. The highest BCUT2D eigenvalue weighted by atomic mass is 35.5. The Labute approximate surface area is 156 Å². The molecule has 1 fully saturated rings. The van der Waals surface area contributed by atoms with Crippen molar-refractivity contribution in [3.8, 4) is 0 Å². The quantitative estimate of drug-likeness (QED) is 0.749. The summed E-state index contributed by atoms with van der Waals surface area (Å²) in [6.07, 6.45) is 6.40. The summed E-state index contributed by atoms with van der Waals surface area (Å²) in [6, 6.07) is 0.229. The number of thioether (sulfide) groups is 1. The molecule has 4 rings (SSSR count). The van der Waals surface area contributed by atoms with Crippen LogP contribution in [-0.4, -0.2) is 52.3 Å². The standard InChI is InChI=1S/C16H20N6OS.ClH/c1-10-6-18-14-13(10)15(20-9-19-14)22-4-5-24-12(8-22)16(23)21-11-2-3-17-7-11;/h6,8-9,11,17H,2-5,7H2,1H3,(H,21,23)(H,18,19,20);1H/t11-;/m1./s1. The predicted molar refractivity (Wildman–Crippen MR) is 103 cm³/mol. The third-order valence-electron chi connectivity index (χ3n) is 4.40. The van der Waals surface area contributed by atoms with Gasteiger partial charge in [0.05, 0.1) is 10.3 Å². The lowest BCUT2D eigenvalue weighted by Gasteiger charge is -2.26. The number of H-pyrrole nitrogens is 1. The second kappa shape index (κ2) is 7.63. The van der Waals surface area contributed by atoms with E-state index in [1.807, 2.05) is 19.3 Å². The normalized spacial score (nSPS) is 20.3. The molecule has 25 heavy (non-hydrogen) atoms. The highest BCUT2D eigenvalue weighted by Gasteiger charge is 2.24. The van der Waals surface area contributed by atoms with Crippen molar-refractivity contribution in [1.82, 2.24) is 25.6 Å². The smallest absolute Gasteiger partial charge is 0.259 e. The Morgan fingerprint density at radius 3 is 3.12 bits per heavy atom. The number of hydrogen-bond donors (Lipinski definition) is 3. The maximum absolute atomic E-state index is 12.5. The Morgan fingerprint density at radius 2 is 2.32 bits per heavy atom. The number of aromatic nitrogens is 3. The fraction of sp³-hybridized carbons (Fsp3) is 0.438. The molecule has 2 aliphatic heterocycles. The van der Waals surface area contributed by atoms with Gasteiger partial charge in [-0.15, -0.1) is 24.2 Å². The number of aromatic amines is 1. The largest absolute Gasteiger partial charge is 0.347 e. The molecule has 7 nitrogen and oxygen atoms in total. The van der Waals surface area contributed by atoms with Crippen molar-refractivity contribution < 1.29 is 4.79 Å². The van der Waals surface area contributed by atoms with Crippen LogP contribution in [0, 0.1) is 6.92 Å². The molecule has 0 spiro atoms. The van der Waals surface area contributed by atoms with Crippen molar-refractivity contribution in [2.45, 2.75) is 19.4 Å². The van der Waals surface area contributed by atoms with Crippen LogP contribution in [0.5, 0.6) is 0 Å². The van der Waals surface area contributed by atoms with Crippen LogP contribution in [0.1, 0.15) is 12.0 Å². The van der Waals surface area contributed by atoms with Crippen molar-refractivity contribution in [1.29, 1.82) is 0 Å². The summed E-state index contributed by atoms with van der Waals surface area (Å²) in [5.41, 5.74) is 1.93. The molecule has 1 amide bonds. The number of nitrogens with zero attached hydrogens (tertiary/aromatic N) is 3. The zero-order chi connectivity index (χ0) is 16.5. The third-order valence-corrected chi connectivity index (χ3v) is 5.39. The molecular formula is C16H21ClN6OS. The van der Waals surface area contributed by atoms with Gasteiger partial charge in [0.1, 0.15) is 17.8 Å². The molecule has 9 heteroatoms. The molecule has 0 aliphatic carbocycles. The molecule has 0 radical (unpaired) electrons. The van der Waals surface area contributed by atoms with Crippen molar-refractivity contribution >= 4 is 46.9 Å². The summed E-state index contributed by atoms with van der Waals surface area (Å²) in [6.45, 7) is 4.68. The molecule has 1 saturated heterocycles. The van der Waals surface area contributed by atoms with E-state index in [1.165, 1.54) is 0 Å². The van der Waals surface area contributed by atoms with Gasteiger partial charge in [-0.25, -0.2) is 9.97 Å². The average Bonchev–Trinajstić information content (AvgIpc) is 3.25. The van der Waals surface area contributed by atoms with Crippen LogP contribution in [0.25, 0.3) is 11.0 Å². The van der Waals surface area contributed by atoms with Crippen molar-refractivity contribution in [2.75, 3.05) is 30.3 Å². The topological polar surface area (TPSA) is 85.9 Å². The molecular weight excluding hydrogens is 360 g/mol. The van der Waals surface area contributed by atoms with Gasteiger partial charge in [-0.2, -0.15) is 0 Å². The highest BCUT2D eigenvalue weighted by Crippen LogP contribution is 2.30. The van der Waals surface area contributed by atoms with E-state index in [1.54, 1.807) is 18.1 Å². The second-order valence-electron chi connectivity index (χ2n) is 6.09. The minimum absolute atomic E-state index is 0. The first-order chi connectivity index (χ1) is 11.7. The van der Waals surface area contributed by atoms with E-state index in [0.29, 0.717) is 0 Å². The number of halogens is 1. The van der Waals surface area contributed by atoms with E-state index in [4.69, 9.17) is 0 Å². The van der Waals surface area contributed by atoms with Gasteiger partial charge in [-0.3, -0.25) is 4.79 Å². The fourth-order valence-corrected chi connectivity index (χ4v) is 4.04. The van der Waals surface area contributed by atoms with Crippen LogP contribution in [0.3, 0.4) is 0 Å². The zero-order valence-electron chi connectivity index (χ0n) is 13.9. The molecule has 0 bridgehead atoms. The summed E-state index contributed by atoms with van der Waals surface area (Å²) in [5, 5.41) is 7.39. The number of aryl methyl sites for hydroxylation is 1. The Hall–Kier alpha value is -1.77. The summed E-state index contributed by atoms with van der Waals surface area (Å²) in [4.78, 5) is 27.2. The number of anilines is 1. The van der Waals surface area contributed by atoms with Gasteiger partial charge in [-0.05, 0) is 25.5 Å². The van der Waals surface area contributed by atoms with Crippen LogP contribution >= 0.6 is 24.2 Å². The highest BCUT2D eigenvalue weighted by molar-refractivity contribution is 8.04. The Morgan fingerprint density at radius 1 is 1.44 bits per heavy atom. The first kappa shape index (κ1) is 18.0. The Bertz CT molecular complexity index is 801. The van der Waals surface area contributed by atoms with Crippen molar-refractivity contribution in [2.24, 2.45) is 0 Å². The van der Waals surface area contributed by atoms with E-state index in [-0.39, 0.29) is 24.4 Å². The molecule has 0 aromatic carbocycles. The lowest BCUT2D eigenvalue weighted by Crippen LogP contribution is -2.38. The van der Waals surface area contributed by atoms with E-state index in [2.05, 4.69) is 30.5 Å². The summed E-state index contributed by atoms with van der Waals surface area (Å²) >= 11 is 1.60. The first-order valence-electron chi connectivity index (χ1n) is 8.14. The van der Waals surface area contributed by atoms with Gasteiger partial charge in [-0.1, -0.05) is 0 Å². The minimum atomic E-state index is 0. The summed E-state index contributed by atoms with van der Waals surface area (Å²) in [5.74, 6) is 1.72. The molecule has 4 heterocycles. The number of rotatable bonds is 3. The Balaban J connectivity index is 0.00000182. The maximum atomic E-state index is 12.5. The zero-order valence-corrected chi connectivity index (χ0v) is 15.5. The third kappa shape index (κ3) is 3.61. The molecule has 2 aromatic heterocycles. The van der Waals surface area contributed by atoms with Gasteiger partial charge in [0, 0.05) is 37.3 Å². The molecule has 2 aliphatic rings. The van der Waals surface area contributed by atoms with Crippen molar-refractivity contribution in [3.63, 3.8) is 0 Å². The molecule has 134 valence electrons. The van der Waals surface area contributed by atoms with Crippen LogP contribution in [0.4, 0.5) is 5.82 Å². The van der Waals surface area contributed by atoms with Crippen LogP contribution in [0.15, 0.2) is 23.6 Å². The fourth-order valence-electron chi connectivity index (χ4n) is 3.14. The lowest BCUT2D eigenvalue weighted by molar-refractivity contribution is -0.117. The maximum Gasteiger partial charge on any atom is 0.259 e. The summed E-state index contributed by atoms with van der Waals surface area (Å²) < 4.78 is 0. The molecule has 2 aromatic rings. The number of nitrogens with one attached hydrogen (secondary N) is 3. The molecule has 3 N–H and O–H groups in total. The summed E-state index contributed by atoms with van der Waals surface area (Å²) in [7, 11) is 0. The molecule has 0 unspecified atom stereocenters. The minimum Gasteiger partial charge on any atom is -0.347 e. The van der Waals surface area contributed by atoms with Crippen LogP contribution in [-0.2, 0) is 4.79 Å². The Kier molecular flexibility index (Phi) is 5.51. The molecule has 0 saturated carbocycles. The van der Waals surface area contributed by atoms with Crippen LogP contribution < -0.4 is 15.5 Å². The van der Waals surface area contributed by atoms with Gasteiger partial charge in [0.25, 0.3) is 5.91 Å². The van der Waals surface area contributed by atoms with E-state index >= 15 is 0 Å². The van der Waals surface area contributed by atoms with E-state index in [0.717, 1.165) is 59.1 Å². The van der Waals surface area contributed by atoms with Gasteiger partial charge in [0.15, 0.2) is 0 Å². The number of carbonyl (C=O) groups excluding carboxylic acids is 1. The first-order valence-corrected chi connectivity index (χ1v) is 9.12. The lowest BCUT2D eigenvalue weighted by atomic mass is 10.2. The van der Waals surface area contributed by atoms with Gasteiger partial charge in [0.2, 0.25) is 0 Å². The van der Waals surface area contributed by atoms with E-state index < -0.39 is 0 Å². The number of carbonyl (C=O) groups is 1. The SMILES string of the molecule is Cc1c[nH]c2ncnc(N3C=C(C(=O)N[C@@H]4CCNC4)SCC3)c12.Cl. The number of hydrogen-bond acceptors (Lipinski definition) is 6. The number of fused-ring (bicyclic) bond motifs is 1.